The standard InChI is InChI=1S/C26H33Cl3N2O3/c1-3-9-30-10-8-25-19-12-18(33-2)5-4-16(19)11-21(30)24(25)7-6-20-22(25)17(13-24)14-31(20)23(32)34-15-26(27,28)29/h4-5,12,17,20-22H,3,6-11,13-15H2,1-2H3/t17-,20?,21?,22?,24?,25?/m1/s1. The number of carbonyl (C=O) groups excluding carboxylic acids is 1. The van der Waals surface area contributed by atoms with Gasteiger partial charge in [-0.2, -0.15) is 0 Å². The maximum absolute atomic E-state index is 13.1. The summed E-state index contributed by atoms with van der Waals surface area (Å²) in [4.78, 5) is 17.9. The average Bonchev–Trinajstić information content (AvgIpc) is 3.25. The van der Waals surface area contributed by atoms with E-state index in [0.29, 0.717) is 17.9 Å². The minimum absolute atomic E-state index is 0.0852. The van der Waals surface area contributed by atoms with Crippen LogP contribution in [0.4, 0.5) is 4.79 Å². The third-order valence-corrected chi connectivity index (χ3v) is 10.2. The Morgan fingerprint density at radius 3 is 2.82 bits per heavy atom. The lowest BCUT2D eigenvalue weighted by Gasteiger charge is -2.66. The van der Waals surface area contributed by atoms with Gasteiger partial charge < -0.3 is 14.4 Å². The van der Waals surface area contributed by atoms with Gasteiger partial charge in [0.25, 0.3) is 0 Å². The number of methoxy groups -OCH3 is 1. The Labute approximate surface area is 217 Å². The van der Waals surface area contributed by atoms with E-state index in [1.165, 1.54) is 30.5 Å². The number of halogens is 3. The third-order valence-electron chi connectivity index (χ3n) is 9.91. The molecule has 6 atom stereocenters. The number of carbonyl (C=O) groups is 1. The fourth-order valence-corrected chi connectivity index (χ4v) is 9.37. The van der Waals surface area contributed by atoms with Gasteiger partial charge in [0.15, 0.2) is 0 Å². The number of amides is 1. The summed E-state index contributed by atoms with van der Waals surface area (Å²) >= 11 is 17.6. The van der Waals surface area contributed by atoms with E-state index in [9.17, 15) is 4.79 Å². The second-order valence-electron chi connectivity index (χ2n) is 11.1. The minimum atomic E-state index is -1.59. The maximum Gasteiger partial charge on any atom is 0.410 e. The zero-order valence-corrected chi connectivity index (χ0v) is 22.1. The Morgan fingerprint density at radius 2 is 2.09 bits per heavy atom. The van der Waals surface area contributed by atoms with Gasteiger partial charge in [-0.15, -0.1) is 0 Å². The molecule has 2 saturated carbocycles. The second kappa shape index (κ2) is 8.06. The van der Waals surface area contributed by atoms with Gasteiger partial charge in [0.1, 0.15) is 12.4 Å². The molecule has 0 radical (unpaired) electrons. The molecule has 1 aromatic carbocycles. The van der Waals surface area contributed by atoms with Crippen LogP contribution in [0.1, 0.15) is 50.2 Å². The van der Waals surface area contributed by atoms with Gasteiger partial charge in [0.2, 0.25) is 3.79 Å². The molecule has 5 unspecified atom stereocenters. The van der Waals surface area contributed by atoms with E-state index in [0.717, 1.165) is 44.5 Å². The Kier molecular flexibility index (Phi) is 5.58. The van der Waals surface area contributed by atoms with E-state index in [1.807, 2.05) is 4.90 Å². The lowest BCUT2D eigenvalue weighted by atomic mass is 9.43. The summed E-state index contributed by atoms with van der Waals surface area (Å²) < 4.78 is 9.57. The normalized spacial score (nSPS) is 37.9. The topological polar surface area (TPSA) is 42.0 Å². The van der Waals surface area contributed by atoms with Crippen molar-refractivity contribution < 1.29 is 14.3 Å². The van der Waals surface area contributed by atoms with E-state index in [1.54, 1.807) is 7.11 Å². The van der Waals surface area contributed by atoms with Gasteiger partial charge in [-0.05, 0) is 92.1 Å². The van der Waals surface area contributed by atoms with Gasteiger partial charge in [-0.1, -0.05) is 47.8 Å². The SMILES string of the molecule is CCCN1CCC23c4cc(OC)ccc4CC1C21CCC2C3[C@@H](CN2C(=O)OCC(Cl)(Cl)Cl)C1. The van der Waals surface area contributed by atoms with Crippen molar-refractivity contribution in [2.45, 2.75) is 66.7 Å². The summed E-state index contributed by atoms with van der Waals surface area (Å²) in [6.45, 7) is 5.12. The van der Waals surface area contributed by atoms with E-state index >= 15 is 0 Å². The maximum atomic E-state index is 13.1. The Morgan fingerprint density at radius 1 is 1.26 bits per heavy atom. The molecule has 8 heteroatoms. The Balaban J connectivity index is 1.42. The van der Waals surface area contributed by atoms with Crippen molar-refractivity contribution >= 4 is 40.9 Å². The first-order chi connectivity index (χ1) is 16.2. The van der Waals surface area contributed by atoms with Crippen LogP contribution in [0.3, 0.4) is 0 Å². The van der Waals surface area contributed by atoms with Crippen LogP contribution in [0, 0.1) is 17.3 Å². The van der Waals surface area contributed by atoms with Gasteiger partial charge in [0.05, 0.1) is 7.11 Å². The number of fused-ring (bicyclic) bond motifs is 1. The lowest BCUT2D eigenvalue weighted by molar-refractivity contribution is -0.102. The first-order valence-electron chi connectivity index (χ1n) is 12.7. The number of ether oxygens (including phenoxy) is 2. The average molecular weight is 528 g/mol. The van der Waals surface area contributed by atoms with Crippen LogP contribution in [0.15, 0.2) is 18.2 Å². The number of rotatable bonds is 4. The summed E-state index contributed by atoms with van der Waals surface area (Å²) in [5.41, 5.74) is 3.33. The van der Waals surface area contributed by atoms with E-state index < -0.39 is 3.79 Å². The molecule has 2 heterocycles. The summed E-state index contributed by atoms with van der Waals surface area (Å²) in [5.74, 6) is 1.86. The third kappa shape index (κ3) is 3.12. The van der Waals surface area contributed by atoms with Crippen molar-refractivity contribution in [3.05, 3.63) is 29.3 Å². The van der Waals surface area contributed by atoms with Gasteiger partial charge in [-0.3, -0.25) is 4.90 Å². The van der Waals surface area contributed by atoms with Crippen LogP contribution in [0.5, 0.6) is 5.75 Å². The van der Waals surface area contributed by atoms with Gasteiger partial charge >= 0.3 is 6.09 Å². The Hall–Kier alpha value is -0.880. The molecule has 0 aromatic heterocycles. The number of likely N-dealkylation sites (tertiary alicyclic amines) is 2. The highest BCUT2D eigenvalue weighted by atomic mass is 35.6. The monoisotopic (exact) mass is 526 g/mol. The van der Waals surface area contributed by atoms with Crippen LogP contribution in [0.2, 0.25) is 0 Å². The zero-order chi connectivity index (χ0) is 23.9. The summed E-state index contributed by atoms with van der Waals surface area (Å²) in [7, 11) is 1.76. The fourth-order valence-electron chi connectivity index (χ4n) is 9.20. The smallest absolute Gasteiger partial charge is 0.410 e. The second-order valence-corrected chi connectivity index (χ2v) is 13.6. The molecule has 34 heavy (non-hydrogen) atoms. The van der Waals surface area contributed by atoms with Crippen LogP contribution >= 0.6 is 34.8 Å². The number of piperidine rings is 1. The van der Waals surface area contributed by atoms with Crippen LogP contribution < -0.4 is 4.74 Å². The largest absolute Gasteiger partial charge is 0.497 e. The number of alkyl halides is 3. The highest BCUT2D eigenvalue weighted by Gasteiger charge is 2.76. The molecular formula is C26H33Cl3N2O3. The lowest BCUT2D eigenvalue weighted by Crippen LogP contribution is -2.69. The highest BCUT2D eigenvalue weighted by Crippen LogP contribution is 2.75. The van der Waals surface area contributed by atoms with Gasteiger partial charge in [-0.25, -0.2) is 4.79 Å². The first kappa shape index (κ1) is 23.5. The number of hydrogen-bond donors (Lipinski definition) is 0. The molecule has 0 spiro atoms. The molecule has 1 amide bonds. The van der Waals surface area contributed by atoms with Crippen LogP contribution in [0.25, 0.3) is 0 Å². The summed E-state index contributed by atoms with van der Waals surface area (Å²) in [6, 6.07) is 7.50. The predicted molar refractivity (Wildman–Crippen MR) is 134 cm³/mol. The fraction of sp³-hybridized carbons (Fsp3) is 0.731. The van der Waals surface area contributed by atoms with Gasteiger partial charge in [0, 0.05) is 24.0 Å². The van der Waals surface area contributed by atoms with Crippen molar-refractivity contribution in [2.75, 3.05) is 33.4 Å². The first-order valence-corrected chi connectivity index (χ1v) is 13.8. The Bertz CT molecular complexity index is 1000. The minimum Gasteiger partial charge on any atom is -0.497 e. The molecule has 3 aliphatic carbocycles. The van der Waals surface area contributed by atoms with Crippen molar-refractivity contribution in [3.8, 4) is 5.75 Å². The molecule has 5 aliphatic rings. The molecule has 186 valence electrons. The van der Waals surface area contributed by atoms with Crippen molar-refractivity contribution in [1.82, 2.24) is 9.80 Å². The molecule has 6 rings (SSSR count). The van der Waals surface area contributed by atoms with Crippen LogP contribution in [-0.2, 0) is 16.6 Å². The molecule has 4 bridgehead atoms. The van der Waals surface area contributed by atoms with Crippen LogP contribution in [-0.4, -0.2) is 65.1 Å². The number of hydrogen-bond acceptors (Lipinski definition) is 4. The molecule has 0 N–H and O–H groups in total. The molecule has 2 saturated heterocycles. The van der Waals surface area contributed by atoms with E-state index in [-0.39, 0.29) is 29.6 Å². The quantitative estimate of drug-likeness (QED) is 0.479. The molecule has 4 fully saturated rings. The predicted octanol–water partition coefficient (Wildman–Crippen LogP) is 5.58. The van der Waals surface area contributed by atoms with E-state index in [2.05, 4.69) is 30.0 Å². The number of nitrogens with zero attached hydrogens (tertiary/aromatic N) is 2. The highest BCUT2D eigenvalue weighted by molar-refractivity contribution is 6.67. The van der Waals surface area contributed by atoms with Crippen molar-refractivity contribution in [1.29, 1.82) is 0 Å². The zero-order valence-electron chi connectivity index (χ0n) is 19.9. The number of benzene rings is 1. The molecule has 5 nitrogen and oxygen atoms in total. The van der Waals surface area contributed by atoms with E-state index in [4.69, 9.17) is 44.3 Å². The summed E-state index contributed by atoms with van der Waals surface area (Å²) in [5, 5.41) is 0. The van der Waals surface area contributed by atoms with Crippen molar-refractivity contribution in [2.24, 2.45) is 17.3 Å². The summed E-state index contributed by atoms with van der Waals surface area (Å²) in [6.07, 6.45) is 6.49. The molecule has 2 aliphatic heterocycles. The molecule has 1 aromatic rings. The molecular weight excluding hydrogens is 495 g/mol. The van der Waals surface area contributed by atoms with Crippen molar-refractivity contribution in [3.63, 3.8) is 0 Å².